The first-order chi connectivity index (χ1) is 16.9. The largest absolute Gasteiger partial charge is 0.504 e. The van der Waals surface area contributed by atoms with Crippen molar-refractivity contribution in [2.75, 3.05) is 27.2 Å². The molecule has 1 N–H and O–H groups in total. The molecule has 1 amide bonds. The van der Waals surface area contributed by atoms with Crippen molar-refractivity contribution in [3.63, 3.8) is 0 Å². The van der Waals surface area contributed by atoms with Gasteiger partial charge < -0.3 is 23.6 Å². The van der Waals surface area contributed by atoms with Gasteiger partial charge in [0.1, 0.15) is 6.10 Å². The van der Waals surface area contributed by atoms with E-state index in [-0.39, 0.29) is 29.2 Å². The highest BCUT2D eigenvalue weighted by Crippen LogP contribution is 2.65. The van der Waals surface area contributed by atoms with Gasteiger partial charge in [-0.25, -0.2) is 0 Å². The Kier molecular flexibility index (Phi) is 4.55. The van der Waals surface area contributed by atoms with Gasteiger partial charge in [-0.3, -0.25) is 4.79 Å². The van der Waals surface area contributed by atoms with Crippen molar-refractivity contribution in [2.24, 2.45) is 11.8 Å². The number of furan rings is 1. The molecule has 6 atom stereocenters. The molecule has 5 aliphatic rings. The van der Waals surface area contributed by atoms with E-state index in [2.05, 4.69) is 13.1 Å². The van der Waals surface area contributed by atoms with E-state index in [1.54, 1.807) is 24.7 Å². The van der Waals surface area contributed by atoms with Crippen LogP contribution >= 0.6 is 0 Å². The van der Waals surface area contributed by atoms with Crippen LogP contribution in [0.1, 0.15) is 48.8 Å². The molecule has 7 rings (SSSR count). The van der Waals surface area contributed by atoms with Crippen LogP contribution in [0.5, 0.6) is 11.5 Å². The number of carbonyl (C=O) groups excluding carboxylic acids is 1. The van der Waals surface area contributed by atoms with Crippen LogP contribution in [-0.2, 0) is 16.6 Å². The van der Waals surface area contributed by atoms with E-state index in [0.29, 0.717) is 17.7 Å². The number of carbonyl (C=O) groups is 1. The summed E-state index contributed by atoms with van der Waals surface area (Å²) in [5.41, 5.74) is 3.39. The molecule has 35 heavy (non-hydrogen) atoms. The summed E-state index contributed by atoms with van der Waals surface area (Å²) in [7, 11) is 4.41. The van der Waals surface area contributed by atoms with Gasteiger partial charge in [0.05, 0.1) is 50.2 Å². The second-order valence-corrected chi connectivity index (χ2v) is 12.0. The van der Waals surface area contributed by atoms with Gasteiger partial charge in [0.25, 0.3) is 0 Å². The molecular weight excluding hydrogens is 440 g/mol. The second-order valence-electron chi connectivity index (χ2n) is 12.0. The number of likely N-dealkylation sites (tertiary alicyclic amines) is 1. The van der Waals surface area contributed by atoms with Crippen LogP contribution in [0.4, 0.5) is 0 Å². The molecule has 2 bridgehead atoms. The van der Waals surface area contributed by atoms with Gasteiger partial charge in [0, 0.05) is 48.9 Å². The van der Waals surface area contributed by atoms with Crippen LogP contribution < -0.4 is 4.74 Å². The first-order valence-electron chi connectivity index (χ1n) is 13.2. The fourth-order valence-corrected chi connectivity index (χ4v) is 8.31. The summed E-state index contributed by atoms with van der Waals surface area (Å²) in [6, 6.07) is 6.37. The van der Waals surface area contributed by atoms with Crippen LogP contribution in [-0.4, -0.2) is 65.8 Å². The number of quaternary nitrogens is 1. The van der Waals surface area contributed by atoms with Gasteiger partial charge >= 0.3 is 0 Å². The molecule has 1 saturated heterocycles. The molecule has 2 saturated carbocycles. The summed E-state index contributed by atoms with van der Waals surface area (Å²) >= 11 is 0. The van der Waals surface area contributed by atoms with Gasteiger partial charge in [-0.15, -0.1) is 0 Å². The third-order valence-electron chi connectivity index (χ3n) is 10.1. The Labute approximate surface area is 206 Å². The topological polar surface area (TPSA) is 62.9 Å². The summed E-state index contributed by atoms with van der Waals surface area (Å²) in [6.45, 7) is 2.44. The fraction of sp³-hybridized carbons (Fsp3) is 0.552. The second kappa shape index (κ2) is 7.39. The number of benzene rings is 1. The predicted octanol–water partition coefficient (Wildman–Crippen LogP) is 4.12. The first-order valence-corrected chi connectivity index (χ1v) is 13.2. The average molecular weight is 476 g/mol. The highest BCUT2D eigenvalue weighted by molar-refractivity contribution is 5.91. The van der Waals surface area contributed by atoms with Crippen molar-refractivity contribution in [1.29, 1.82) is 0 Å². The van der Waals surface area contributed by atoms with Crippen LogP contribution in [0, 0.1) is 11.8 Å². The molecule has 0 radical (unpaired) electrons. The lowest BCUT2D eigenvalue weighted by atomic mass is 9.50. The van der Waals surface area contributed by atoms with E-state index in [0.717, 1.165) is 43.7 Å². The van der Waals surface area contributed by atoms with E-state index >= 15 is 0 Å². The highest BCUT2D eigenvalue weighted by Gasteiger charge is 2.69. The molecule has 1 aromatic carbocycles. The van der Waals surface area contributed by atoms with Crippen LogP contribution in [0.3, 0.4) is 0 Å². The fourth-order valence-electron chi connectivity index (χ4n) is 8.31. The van der Waals surface area contributed by atoms with E-state index in [9.17, 15) is 9.90 Å². The minimum Gasteiger partial charge on any atom is -0.504 e. The van der Waals surface area contributed by atoms with Gasteiger partial charge in [-0.1, -0.05) is 6.07 Å². The number of hydrogen-bond donors (Lipinski definition) is 1. The molecule has 2 aromatic rings. The van der Waals surface area contributed by atoms with E-state index in [1.807, 2.05) is 24.1 Å². The maximum Gasteiger partial charge on any atom is 0.246 e. The number of hydrogen-bond acceptors (Lipinski definition) is 4. The minimum atomic E-state index is -0.114. The summed E-state index contributed by atoms with van der Waals surface area (Å²) in [4.78, 5) is 15.1. The molecule has 3 unspecified atom stereocenters. The van der Waals surface area contributed by atoms with Crippen molar-refractivity contribution >= 4 is 12.0 Å². The summed E-state index contributed by atoms with van der Waals surface area (Å²) in [5.74, 6) is 2.34. The van der Waals surface area contributed by atoms with Gasteiger partial charge in [0.2, 0.25) is 5.91 Å². The van der Waals surface area contributed by atoms with Gasteiger partial charge in [-0.05, 0) is 49.5 Å². The Morgan fingerprint density at radius 1 is 1.26 bits per heavy atom. The van der Waals surface area contributed by atoms with Crippen molar-refractivity contribution in [3.05, 3.63) is 53.5 Å². The zero-order chi connectivity index (χ0) is 23.9. The number of nitrogens with zero attached hydrogens (tertiary/aromatic N) is 2. The Morgan fingerprint density at radius 2 is 2.11 bits per heavy atom. The molecule has 1 spiro atoms. The van der Waals surface area contributed by atoms with Crippen LogP contribution in [0.15, 0.2) is 41.2 Å². The van der Waals surface area contributed by atoms with Crippen molar-refractivity contribution in [2.45, 2.75) is 62.1 Å². The zero-order valence-corrected chi connectivity index (χ0v) is 20.7. The first kappa shape index (κ1) is 21.5. The number of phenols is 1. The zero-order valence-electron chi connectivity index (χ0n) is 20.7. The molecule has 6 heteroatoms. The Hall–Kier alpha value is -2.73. The SMILES string of the molecule is CN(C(=O)C=Cc1ccoc1)[C@H]1CCC2C3Cc4ccc(O)c5c4[C@]2(CC[N@@+]3(C)CC2CC2)C1O5. The van der Waals surface area contributed by atoms with Crippen LogP contribution in [0.25, 0.3) is 6.08 Å². The Balaban J connectivity index is 1.26. The van der Waals surface area contributed by atoms with E-state index < -0.39 is 0 Å². The molecule has 184 valence electrons. The van der Waals surface area contributed by atoms with Crippen molar-refractivity contribution in [1.82, 2.24) is 4.90 Å². The quantitative estimate of drug-likeness (QED) is 0.522. The van der Waals surface area contributed by atoms with Gasteiger partial charge in [0.15, 0.2) is 11.5 Å². The molecular formula is C29H35N2O4+. The van der Waals surface area contributed by atoms with Crippen molar-refractivity contribution < 1.29 is 23.5 Å². The maximum absolute atomic E-state index is 13.2. The smallest absolute Gasteiger partial charge is 0.246 e. The third-order valence-corrected chi connectivity index (χ3v) is 10.1. The molecule has 1 aromatic heterocycles. The van der Waals surface area contributed by atoms with Crippen LogP contribution in [0.2, 0.25) is 0 Å². The van der Waals surface area contributed by atoms with Crippen molar-refractivity contribution in [3.8, 4) is 11.5 Å². The standard InChI is InChI=1S/C29H34N2O4/c1-30(25(33)10-5-19-11-14-34-17-19)22-8-7-21-23-15-20-6-9-24(32)27-26(20)29(21,28(22)35-27)12-13-31(23,2)16-18-3-4-18/h5-6,9-11,14,17-18,21-23,28H,3-4,7-8,12-13,15-16H2,1-2H3/p+1/t21?,22-,23?,28?,29+,31-/m0/s1. The number of piperidine rings is 1. The van der Waals surface area contributed by atoms with E-state index in [1.165, 1.54) is 35.0 Å². The molecule has 6 nitrogen and oxygen atoms in total. The molecule has 3 heterocycles. The molecule has 3 fully saturated rings. The summed E-state index contributed by atoms with van der Waals surface area (Å²) < 4.78 is 13.0. The monoisotopic (exact) mass is 475 g/mol. The van der Waals surface area contributed by atoms with E-state index in [4.69, 9.17) is 9.15 Å². The Bertz CT molecular complexity index is 1200. The number of amides is 1. The third kappa shape index (κ3) is 3.01. The van der Waals surface area contributed by atoms with Gasteiger partial charge in [-0.2, -0.15) is 0 Å². The lowest BCUT2D eigenvalue weighted by Gasteiger charge is -2.62. The lowest BCUT2D eigenvalue weighted by Crippen LogP contribution is -2.73. The maximum atomic E-state index is 13.2. The molecule has 2 aliphatic heterocycles. The minimum absolute atomic E-state index is 0.0208. The normalized spacial score (nSPS) is 36.6. The summed E-state index contributed by atoms with van der Waals surface area (Å²) in [6.07, 6.45) is 13.5. The predicted molar refractivity (Wildman–Crippen MR) is 132 cm³/mol. The number of likely N-dealkylation sites (N-methyl/N-ethyl adjacent to an activating group) is 2. The number of rotatable bonds is 5. The number of phenolic OH excluding ortho intramolecular Hbond substituents is 1. The average Bonchev–Trinajstić information content (AvgIpc) is 3.36. The number of aromatic hydroxyl groups is 1. The summed E-state index contributed by atoms with van der Waals surface area (Å²) in [5, 5.41) is 10.8. The lowest BCUT2D eigenvalue weighted by molar-refractivity contribution is -0.946. The Morgan fingerprint density at radius 3 is 2.89 bits per heavy atom. The number of ether oxygens (including phenoxy) is 1. The molecule has 3 aliphatic carbocycles. The highest BCUT2D eigenvalue weighted by atomic mass is 16.5.